The molecule has 10 rings (SSSR count). The molecule has 0 radical (unpaired) electrons. The summed E-state index contributed by atoms with van der Waals surface area (Å²) in [6, 6.07) is 51.2. The van der Waals surface area contributed by atoms with Gasteiger partial charge in [-0.05, 0) is 80.9 Å². The molecule has 0 unspecified atom stereocenters. The van der Waals surface area contributed by atoms with Crippen LogP contribution in [0.15, 0.2) is 168 Å². The Bertz CT molecular complexity index is 2850. The number of allylic oxidation sites excluding steroid dienone is 4. The predicted molar refractivity (Wildman–Crippen MR) is 210 cm³/mol. The van der Waals surface area contributed by atoms with E-state index in [1.54, 1.807) is 0 Å². The normalized spacial score (nSPS) is 13.0. The van der Waals surface area contributed by atoms with Crippen LogP contribution in [-0.4, -0.2) is 15.0 Å². The topological polar surface area (TPSA) is 51.8 Å². The van der Waals surface area contributed by atoms with Crippen LogP contribution in [0.1, 0.15) is 18.7 Å². The second-order valence-electron chi connectivity index (χ2n) is 13.1. The van der Waals surface area contributed by atoms with E-state index in [9.17, 15) is 0 Å². The lowest BCUT2D eigenvalue weighted by atomic mass is 9.97. The van der Waals surface area contributed by atoms with Crippen molar-refractivity contribution in [2.45, 2.75) is 12.8 Å². The smallest absolute Gasteiger partial charge is 0.164 e. The number of furan rings is 1. The van der Waals surface area contributed by atoms with Gasteiger partial charge in [0.05, 0.1) is 0 Å². The van der Waals surface area contributed by atoms with Gasteiger partial charge in [-0.1, -0.05) is 140 Å². The van der Waals surface area contributed by atoms with Crippen molar-refractivity contribution in [3.63, 3.8) is 0 Å². The minimum Gasteiger partial charge on any atom is -0.456 e. The van der Waals surface area contributed by atoms with E-state index >= 15 is 0 Å². The maximum Gasteiger partial charge on any atom is 0.164 e. The molecule has 0 bridgehead atoms. The van der Waals surface area contributed by atoms with Gasteiger partial charge in [0.1, 0.15) is 11.2 Å². The summed E-state index contributed by atoms with van der Waals surface area (Å²) in [7, 11) is 0. The molecule has 0 saturated heterocycles. The third-order valence-electron chi connectivity index (χ3n) is 9.96. The summed E-state index contributed by atoms with van der Waals surface area (Å²) in [5.74, 6) is 1.94. The molecule has 0 saturated carbocycles. The van der Waals surface area contributed by atoms with Crippen LogP contribution in [0.4, 0.5) is 0 Å². The van der Waals surface area contributed by atoms with Gasteiger partial charge in [0.25, 0.3) is 0 Å². The lowest BCUT2D eigenvalue weighted by molar-refractivity contribution is 0.669. The van der Waals surface area contributed by atoms with Gasteiger partial charge in [-0.2, -0.15) is 0 Å². The van der Waals surface area contributed by atoms with E-state index in [4.69, 9.17) is 19.4 Å². The highest BCUT2D eigenvalue weighted by Gasteiger charge is 2.19. The van der Waals surface area contributed by atoms with Gasteiger partial charge < -0.3 is 4.42 Å². The van der Waals surface area contributed by atoms with Gasteiger partial charge in [-0.15, -0.1) is 0 Å². The Morgan fingerprint density at radius 3 is 1.98 bits per heavy atom. The zero-order valence-corrected chi connectivity index (χ0v) is 27.8. The Morgan fingerprint density at radius 1 is 0.431 bits per heavy atom. The minimum absolute atomic E-state index is 0.626. The van der Waals surface area contributed by atoms with Crippen LogP contribution in [0.2, 0.25) is 0 Å². The molecule has 0 fully saturated rings. The van der Waals surface area contributed by atoms with Crippen molar-refractivity contribution < 1.29 is 4.42 Å². The van der Waals surface area contributed by atoms with Crippen molar-refractivity contribution in [2.75, 3.05) is 0 Å². The predicted octanol–water partition coefficient (Wildman–Crippen LogP) is 12.5. The number of fused-ring (bicyclic) bond motifs is 6. The molecule has 1 aliphatic carbocycles. The van der Waals surface area contributed by atoms with Crippen molar-refractivity contribution in [1.82, 2.24) is 15.0 Å². The van der Waals surface area contributed by atoms with Crippen LogP contribution >= 0.6 is 0 Å². The molecular formula is C47H31N3O. The van der Waals surface area contributed by atoms with Gasteiger partial charge in [-0.3, -0.25) is 0 Å². The summed E-state index contributed by atoms with van der Waals surface area (Å²) in [5.41, 5.74) is 9.11. The molecule has 51 heavy (non-hydrogen) atoms. The van der Waals surface area contributed by atoms with Crippen LogP contribution in [0.3, 0.4) is 0 Å². The molecule has 0 N–H and O–H groups in total. The van der Waals surface area contributed by atoms with Crippen LogP contribution in [0.5, 0.6) is 0 Å². The van der Waals surface area contributed by atoms with Crippen molar-refractivity contribution in [2.24, 2.45) is 0 Å². The maximum absolute atomic E-state index is 6.45. The molecule has 240 valence electrons. The van der Waals surface area contributed by atoms with Gasteiger partial charge in [0.2, 0.25) is 0 Å². The number of nitrogens with zero attached hydrogens (tertiary/aromatic N) is 3. The molecule has 1 aliphatic rings. The molecule has 4 nitrogen and oxygen atoms in total. The molecular weight excluding hydrogens is 623 g/mol. The highest BCUT2D eigenvalue weighted by Crippen LogP contribution is 2.38. The zero-order valence-electron chi connectivity index (χ0n) is 27.8. The van der Waals surface area contributed by atoms with E-state index in [1.807, 2.05) is 18.2 Å². The van der Waals surface area contributed by atoms with Gasteiger partial charge in [0, 0.05) is 27.5 Å². The third kappa shape index (κ3) is 5.20. The van der Waals surface area contributed by atoms with Gasteiger partial charge >= 0.3 is 0 Å². The summed E-state index contributed by atoms with van der Waals surface area (Å²) in [5, 5.41) is 7.07. The fourth-order valence-electron chi connectivity index (χ4n) is 7.36. The highest BCUT2D eigenvalue weighted by molar-refractivity contribution is 6.12. The number of benzene rings is 7. The molecule has 0 aliphatic heterocycles. The molecule has 7 aromatic carbocycles. The Balaban J connectivity index is 1.07. The molecule has 0 spiro atoms. The first-order valence-electron chi connectivity index (χ1n) is 17.4. The summed E-state index contributed by atoms with van der Waals surface area (Å²) >= 11 is 0. The molecule has 9 aromatic rings. The van der Waals surface area contributed by atoms with Crippen LogP contribution in [0.25, 0.3) is 94.1 Å². The van der Waals surface area contributed by atoms with Crippen LogP contribution < -0.4 is 0 Å². The monoisotopic (exact) mass is 653 g/mol. The summed E-state index contributed by atoms with van der Waals surface area (Å²) in [6.45, 7) is 0. The summed E-state index contributed by atoms with van der Waals surface area (Å²) < 4.78 is 6.45. The second-order valence-corrected chi connectivity index (χ2v) is 13.1. The van der Waals surface area contributed by atoms with E-state index in [0.29, 0.717) is 17.5 Å². The number of aromatic nitrogens is 3. The number of hydrogen-bond acceptors (Lipinski definition) is 4. The molecule has 0 atom stereocenters. The van der Waals surface area contributed by atoms with E-state index in [1.165, 1.54) is 27.1 Å². The van der Waals surface area contributed by atoms with Crippen LogP contribution in [0, 0.1) is 0 Å². The first-order chi connectivity index (χ1) is 25.2. The Morgan fingerprint density at radius 2 is 1.12 bits per heavy atom. The van der Waals surface area contributed by atoms with E-state index in [2.05, 4.69) is 146 Å². The zero-order chi connectivity index (χ0) is 33.7. The molecule has 2 heterocycles. The Labute approximate surface area is 295 Å². The van der Waals surface area contributed by atoms with Gasteiger partial charge in [-0.25, -0.2) is 15.0 Å². The Kier molecular flexibility index (Phi) is 6.91. The van der Waals surface area contributed by atoms with Crippen molar-refractivity contribution in [3.8, 4) is 45.0 Å². The first-order valence-corrected chi connectivity index (χ1v) is 17.4. The van der Waals surface area contributed by atoms with E-state index in [0.717, 1.165) is 68.2 Å². The number of hydrogen-bond donors (Lipinski definition) is 0. The fourth-order valence-corrected chi connectivity index (χ4v) is 7.36. The van der Waals surface area contributed by atoms with Crippen molar-refractivity contribution >= 4 is 49.1 Å². The van der Waals surface area contributed by atoms with Gasteiger partial charge in [0.15, 0.2) is 17.5 Å². The lowest BCUT2D eigenvalue weighted by Crippen LogP contribution is -2.03. The van der Waals surface area contributed by atoms with E-state index < -0.39 is 0 Å². The lowest BCUT2D eigenvalue weighted by Gasteiger charge is -2.12. The molecule has 2 aromatic heterocycles. The van der Waals surface area contributed by atoms with Crippen molar-refractivity contribution in [3.05, 3.63) is 170 Å². The first kappa shape index (κ1) is 29.3. The standard InChI is InChI=1S/C47H31N3O/c1-3-10-30(11-4-1)36-25-27-40-43(29-36)51-42-17-9-16-41(44(40)42)47-49-45(33-13-5-2-6-14-33)48-46(50-47)34-21-18-31(19-22-34)35-24-26-39-37(28-35)23-20-32-12-7-8-15-38(32)39/h1,3-5,7-29H,2,6H2. The SMILES string of the molecule is C1=CC(c2nc(-c3ccc(-c4ccc5c(ccc6ccccc65)c4)cc3)nc(-c3cccc4oc5cc(-c6ccccc6)ccc5c34)n2)=CCC1. The average Bonchev–Trinajstić information content (AvgIpc) is 3.59. The highest BCUT2D eigenvalue weighted by atomic mass is 16.3. The molecule has 4 heteroatoms. The Hall–Kier alpha value is -6.65. The average molecular weight is 654 g/mol. The maximum atomic E-state index is 6.45. The van der Waals surface area contributed by atoms with E-state index in [-0.39, 0.29) is 0 Å². The minimum atomic E-state index is 0.626. The second kappa shape index (κ2) is 12.0. The third-order valence-corrected chi connectivity index (χ3v) is 9.96. The largest absolute Gasteiger partial charge is 0.456 e. The fraction of sp³-hybridized carbons (Fsp3) is 0.0426. The summed E-state index contributed by atoms with van der Waals surface area (Å²) in [6.07, 6.45) is 8.51. The summed E-state index contributed by atoms with van der Waals surface area (Å²) in [4.78, 5) is 15.2. The molecule has 0 amide bonds. The quantitative estimate of drug-likeness (QED) is 0.173. The van der Waals surface area contributed by atoms with Crippen LogP contribution in [-0.2, 0) is 0 Å². The number of rotatable bonds is 5. The van der Waals surface area contributed by atoms with Crippen molar-refractivity contribution in [1.29, 1.82) is 0 Å².